The van der Waals surface area contributed by atoms with Gasteiger partial charge in [0.25, 0.3) is 0 Å². The SMILES string of the molecule is CC(C)N(CC(N)=O)CC(=O)C1CC1. The normalized spacial score (nSPS) is 16.3. The molecule has 1 aliphatic carbocycles. The Labute approximate surface area is 84.4 Å². The van der Waals surface area contributed by atoms with Crippen LogP contribution in [0.4, 0.5) is 0 Å². The molecule has 14 heavy (non-hydrogen) atoms. The summed E-state index contributed by atoms with van der Waals surface area (Å²) < 4.78 is 0. The minimum Gasteiger partial charge on any atom is -0.369 e. The number of amides is 1. The van der Waals surface area contributed by atoms with Gasteiger partial charge >= 0.3 is 0 Å². The van der Waals surface area contributed by atoms with Gasteiger partial charge in [0, 0.05) is 12.0 Å². The summed E-state index contributed by atoms with van der Waals surface area (Å²) in [4.78, 5) is 24.1. The van der Waals surface area contributed by atoms with Gasteiger partial charge in [-0.1, -0.05) is 0 Å². The number of primary amides is 1. The summed E-state index contributed by atoms with van der Waals surface area (Å²) in [6.07, 6.45) is 2.03. The van der Waals surface area contributed by atoms with E-state index in [2.05, 4.69) is 0 Å². The van der Waals surface area contributed by atoms with Crippen LogP contribution in [0.1, 0.15) is 26.7 Å². The Hall–Kier alpha value is -0.900. The summed E-state index contributed by atoms with van der Waals surface area (Å²) in [6, 6.07) is 0.185. The number of nitrogens with two attached hydrogens (primary N) is 1. The summed E-state index contributed by atoms with van der Waals surface area (Å²) in [5, 5.41) is 0. The fourth-order valence-corrected chi connectivity index (χ4v) is 1.36. The highest BCUT2D eigenvalue weighted by molar-refractivity contribution is 5.85. The van der Waals surface area contributed by atoms with Gasteiger partial charge in [-0.05, 0) is 26.7 Å². The number of hydrogen-bond acceptors (Lipinski definition) is 3. The lowest BCUT2D eigenvalue weighted by Gasteiger charge is -2.23. The van der Waals surface area contributed by atoms with Gasteiger partial charge in [-0.2, -0.15) is 0 Å². The third-order valence-electron chi connectivity index (χ3n) is 2.48. The molecule has 0 aromatic heterocycles. The zero-order valence-electron chi connectivity index (χ0n) is 8.82. The van der Waals surface area contributed by atoms with E-state index in [1.807, 2.05) is 18.7 Å². The minimum atomic E-state index is -0.373. The van der Waals surface area contributed by atoms with Crippen LogP contribution in [-0.4, -0.2) is 35.7 Å². The van der Waals surface area contributed by atoms with Gasteiger partial charge in [0.05, 0.1) is 13.1 Å². The quantitative estimate of drug-likeness (QED) is 0.661. The van der Waals surface area contributed by atoms with Crippen LogP contribution in [0.15, 0.2) is 0 Å². The van der Waals surface area contributed by atoms with Crippen molar-refractivity contribution in [3.63, 3.8) is 0 Å². The molecule has 1 saturated carbocycles. The van der Waals surface area contributed by atoms with Crippen molar-refractivity contribution in [3.8, 4) is 0 Å². The van der Waals surface area contributed by atoms with Crippen molar-refractivity contribution in [1.82, 2.24) is 4.90 Å². The van der Waals surface area contributed by atoms with Crippen LogP contribution in [-0.2, 0) is 9.59 Å². The second-order valence-electron chi connectivity index (χ2n) is 4.21. The number of nitrogens with zero attached hydrogens (tertiary/aromatic N) is 1. The molecule has 1 amide bonds. The molecule has 80 valence electrons. The lowest BCUT2D eigenvalue weighted by Crippen LogP contribution is -2.41. The Bertz CT molecular complexity index is 234. The molecule has 1 rings (SSSR count). The summed E-state index contributed by atoms with van der Waals surface area (Å²) in [7, 11) is 0. The molecule has 1 aliphatic rings. The molecule has 2 N–H and O–H groups in total. The van der Waals surface area contributed by atoms with Crippen molar-refractivity contribution in [2.45, 2.75) is 32.7 Å². The van der Waals surface area contributed by atoms with Gasteiger partial charge in [0.15, 0.2) is 0 Å². The van der Waals surface area contributed by atoms with Crippen LogP contribution in [0.3, 0.4) is 0 Å². The smallest absolute Gasteiger partial charge is 0.231 e. The van der Waals surface area contributed by atoms with Gasteiger partial charge in [0.2, 0.25) is 5.91 Å². The molecule has 0 spiro atoms. The van der Waals surface area contributed by atoms with E-state index >= 15 is 0 Å². The molecule has 4 nitrogen and oxygen atoms in total. The standard InChI is InChI=1S/C10H18N2O2/c1-7(2)12(6-10(11)14)5-9(13)8-3-4-8/h7-8H,3-6H2,1-2H3,(H2,11,14). The second-order valence-corrected chi connectivity index (χ2v) is 4.21. The van der Waals surface area contributed by atoms with Crippen molar-refractivity contribution < 1.29 is 9.59 Å². The highest BCUT2D eigenvalue weighted by Crippen LogP contribution is 2.30. The highest BCUT2D eigenvalue weighted by Gasteiger charge is 2.31. The number of ketones is 1. The monoisotopic (exact) mass is 198 g/mol. The minimum absolute atomic E-state index is 0.177. The molecule has 4 heteroatoms. The molecule has 0 aromatic carbocycles. The van der Waals surface area contributed by atoms with Crippen molar-refractivity contribution in [2.75, 3.05) is 13.1 Å². The van der Waals surface area contributed by atoms with Gasteiger partial charge in [-0.15, -0.1) is 0 Å². The van der Waals surface area contributed by atoms with E-state index in [9.17, 15) is 9.59 Å². The molecule has 0 radical (unpaired) electrons. The van der Waals surface area contributed by atoms with Gasteiger partial charge in [-0.25, -0.2) is 0 Å². The molecule has 0 saturated heterocycles. The summed E-state index contributed by atoms with van der Waals surface area (Å²) >= 11 is 0. The predicted octanol–water partition coefficient (Wildman–Crippen LogP) is 0.161. The Kier molecular flexibility index (Phi) is 3.63. The van der Waals surface area contributed by atoms with E-state index < -0.39 is 0 Å². The molecule has 0 heterocycles. The van der Waals surface area contributed by atoms with Crippen LogP contribution >= 0.6 is 0 Å². The van der Waals surface area contributed by atoms with Gasteiger partial charge in [0.1, 0.15) is 5.78 Å². The molecule has 0 aliphatic heterocycles. The molecule has 1 fully saturated rings. The zero-order chi connectivity index (χ0) is 10.7. The van der Waals surface area contributed by atoms with E-state index in [0.29, 0.717) is 6.54 Å². The topological polar surface area (TPSA) is 63.4 Å². The number of carbonyl (C=O) groups is 2. The van der Waals surface area contributed by atoms with Crippen molar-refractivity contribution in [2.24, 2.45) is 11.7 Å². The third-order valence-corrected chi connectivity index (χ3v) is 2.48. The Balaban J connectivity index is 2.41. The first-order valence-corrected chi connectivity index (χ1v) is 5.05. The number of hydrogen-bond donors (Lipinski definition) is 1. The Morgan fingerprint density at radius 3 is 2.29 bits per heavy atom. The first-order valence-electron chi connectivity index (χ1n) is 5.05. The molecule has 0 aromatic rings. The molecular formula is C10H18N2O2. The van der Waals surface area contributed by atoms with Crippen LogP contribution in [0.2, 0.25) is 0 Å². The summed E-state index contributed by atoms with van der Waals surface area (Å²) in [5.74, 6) is 0.131. The number of rotatable bonds is 6. The Morgan fingerprint density at radius 1 is 1.36 bits per heavy atom. The zero-order valence-corrected chi connectivity index (χ0v) is 8.82. The number of Topliss-reactive ketones (excluding diaryl/α,β-unsaturated/α-hetero) is 1. The second kappa shape index (κ2) is 4.55. The molecule has 0 bridgehead atoms. The van der Waals surface area contributed by atoms with E-state index in [1.54, 1.807) is 0 Å². The predicted molar refractivity (Wildman–Crippen MR) is 53.6 cm³/mol. The first kappa shape index (κ1) is 11.2. The first-order chi connectivity index (χ1) is 6.50. The lowest BCUT2D eigenvalue weighted by atomic mass is 10.2. The lowest BCUT2D eigenvalue weighted by molar-refractivity contribution is -0.124. The third kappa shape index (κ3) is 3.46. The summed E-state index contributed by atoms with van der Waals surface area (Å²) in [6.45, 7) is 4.47. The maximum absolute atomic E-state index is 11.5. The van der Waals surface area contributed by atoms with E-state index in [-0.39, 0.29) is 30.2 Å². The maximum Gasteiger partial charge on any atom is 0.231 e. The average molecular weight is 198 g/mol. The van der Waals surface area contributed by atoms with Crippen LogP contribution in [0, 0.1) is 5.92 Å². The van der Waals surface area contributed by atoms with Crippen LogP contribution < -0.4 is 5.73 Å². The number of carbonyl (C=O) groups excluding carboxylic acids is 2. The fraction of sp³-hybridized carbons (Fsp3) is 0.800. The van der Waals surface area contributed by atoms with E-state index in [0.717, 1.165) is 12.8 Å². The average Bonchev–Trinajstić information content (AvgIpc) is 2.83. The van der Waals surface area contributed by atoms with Gasteiger partial charge < -0.3 is 5.73 Å². The van der Waals surface area contributed by atoms with Gasteiger partial charge in [-0.3, -0.25) is 14.5 Å². The van der Waals surface area contributed by atoms with Crippen LogP contribution in [0.5, 0.6) is 0 Å². The molecular weight excluding hydrogens is 180 g/mol. The fourth-order valence-electron chi connectivity index (χ4n) is 1.36. The van der Waals surface area contributed by atoms with E-state index in [4.69, 9.17) is 5.73 Å². The summed E-state index contributed by atoms with van der Waals surface area (Å²) in [5.41, 5.74) is 5.11. The maximum atomic E-state index is 11.5. The largest absolute Gasteiger partial charge is 0.369 e. The van der Waals surface area contributed by atoms with Crippen LogP contribution in [0.25, 0.3) is 0 Å². The van der Waals surface area contributed by atoms with E-state index in [1.165, 1.54) is 0 Å². The molecule has 0 atom stereocenters. The van der Waals surface area contributed by atoms with Crippen molar-refractivity contribution in [1.29, 1.82) is 0 Å². The Morgan fingerprint density at radius 2 is 1.93 bits per heavy atom. The molecule has 0 unspecified atom stereocenters. The van der Waals surface area contributed by atoms with Crippen molar-refractivity contribution in [3.05, 3.63) is 0 Å². The van der Waals surface area contributed by atoms with Crippen molar-refractivity contribution >= 4 is 11.7 Å². The highest BCUT2D eigenvalue weighted by atomic mass is 16.1.